The number of carbonyl (C=O) groups excluding carboxylic acids is 1. The van der Waals surface area contributed by atoms with Gasteiger partial charge in [-0.1, -0.05) is 6.92 Å². The molecule has 0 bridgehead atoms. The zero-order valence-electron chi connectivity index (χ0n) is 11.3. The highest BCUT2D eigenvalue weighted by Crippen LogP contribution is 2.25. The Balaban J connectivity index is 2.46. The van der Waals surface area contributed by atoms with Crippen LogP contribution in [-0.4, -0.2) is 35.9 Å². The SMILES string of the molecule is CC1CC(C(=O)NC(C)C(C)CO)CC(C)O1. The Morgan fingerprint density at radius 3 is 2.35 bits per heavy atom. The summed E-state index contributed by atoms with van der Waals surface area (Å²) in [6, 6.07) is 0.0148. The Hall–Kier alpha value is -0.610. The molecule has 1 aliphatic heterocycles. The van der Waals surface area contributed by atoms with Gasteiger partial charge in [-0.3, -0.25) is 4.79 Å². The smallest absolute Gasteiger partial charge is 0.223 e. The van der Waals surface area contributed by atoms with Gasteiger partial charge in [-0.2, -0.15) is 0 Å². The topological polar surface area (TPSA) is 58.6 Å². The van der Waals surface area contributed by atoms with Gasteiger partial charge in [-0.15, -0.1) is 0 Å². The highest BCUT2D eigenvalue weighted by Gasteiger charge is 2.30. The van der Waals surface area contributed by atoms with E-state index in [1.807, 2.05) is 27.7 Å². The van der Waals surface area contributed by atoms with Crippen molar-refractivity contribution in [3.8, 4) is 0 Å². The van der Waals surface area contributed by atoms with E-state index in [4.69, 9.17) is 9.84 Å². The first kappa shape index (κ1) is 14.5. The lowest BCUT2D eigenvalue weighted by Crippen LogP contribution is -2.45. The van der Waals surface area contributed by atoms with E-state index in [-0.39, 0.29) is 42.6 Å². The lowest BCUT2D eigenvalue weighted by Gasteiger charge is -2.32. The molecule has 0 saturated carbocycles. The van der Waals surface area contributed by atoms with Gasteiger partial charge < -0.3 is 15.2 Å². The van der Waals surface area contributed by atoms with Crippen LogP contribution in [0.15, 0.2) is 0 Å². The molecule has 1 amide bonds. The third-order valence-electron chi connectivity index (χ3n) is 3.58. The molecular formula is C13H25NO3. The number of hydrogen-bond donors (Lipinski definition) is 2. The molecule has 4 atom stereocenters. The van der Waals surface area contributed by atoms with Crippen molar-refractivity contribution in [2.24, 2.45) is 11.8 Å². The summed E-state index contributed by atoms with van der Waals surface area (Å²) in [5.41, 5.74) is 0. The summed E-state index contributed by atoms with van der Waals surface area (Å²) in [7, 11) is 0. The minimum atomic E-state index is 0.0148. The van der Waals surface area contributed by atoms with Gasteiger partial charge in [0.15, 0.2) is 0 Å². The third-order valence-corrected chi connectivity index (χ3v) is 3.58. The van der Waals surface area contributed by atoms with Crippen molar-refractivity contribution in [2.75, 3.05) is 6.61 Å². The molecule has 1 saturated heterocycles. The summed E-state index contributed by atoms with van der Waals surface area (Å²) < 4.78 is 5.62. The number of aliphatic hydroxyl groups is 1. The zero-order valence-corrected chi connectivity index (χ0v) is 11.3. The average Bonchev–Trinajstić information content (AvgIpc) is 2.26. The third kappa shape index (κ3) is 4.28. The molecule has 0 aromatic rings. The standard InChI is InChI=1S/C13H25NO3/c1-8(7-15)11(4)14-13(16)12-5-9(2)17-10(3)6-12/h8-12,15H,5-7H2,1-4H3,(H,14,16). The van der Waals surface area contributed by atoms with E-state index >= 15 is 0 Å². The Bertz CT molecular complexity index is 247. The zero-order chi connectivity index (χ0) is 13.0. The quantitative estimate of drug-likeness (QED) is 0.783. The van der Waals surface area contributed by atoms with Crippen molar-refractivity contribution in [3.05, 3.63) is 0 Å². The molecule has 1 heterocycles. The molecule has 0 aromatic heterocycles. The maximum atomic E-state index is 12.1. The highest BCUT2D eigenvalue weighted by molar-refractivity contribution is 5.79. The molecule has 2 N–H and O–H groups in total. The van der Waals surface area contributed by atoms with E-state index in [1.54, 1.807) is 0 Å². The van der Waals surface area contributed by atoms with Crippen LogP contribution in [0.2, 0.25) is 0 Å². The number of rotatable bonds is 4. The second-order valence-electron chi connectivity index (χ2n) is 5.38. The van der Waals surface area contributed by atoms with Crippen LogP contribution in [0.1, 0.15) is 40.5 Å². The lowest BCUT2D eigenvalue weighted by atomic mass is 9.91. The van der Waals surface area contributed by atoms with Crippen LogP contribution in [-0.2, 0) is 9.53 Å². The molecule has 100 valence electrons. The van der Waals surface area contributed by atoms with Gasteiger partial charge in [-0.25, -0.2) is 0 Å². The maximum Gasteiger partial charge on any atom is 0.223 e. The first-order valence-corrected chi connectivity index (χ1v) is 6.50. The molecule has 4 unspecified atom stereocenters. The predicted molar refractivity (Wildman–Crippen MR) is 66.6 cm³/mol. The lowest BCUT2D eigenvalue weighted by molar-refractivity contribution is -0.134. The van der Waals surface area contributed by atoms with Crippen LogP contribution in [0.25, 0.3) is 0 Å². The van der Waals surface area contributed by atoms with Gasteiger partial charge in [0.2, 0.25) is 5.91 Å². The maximum absolute atomic E-state index is 12.1. The fraction of sp³-hybridized carbons (Fsp3) is 0.923. The van der Waals surface area contributed by atoms with E-state index in [1.165, 1.54) is 0 Å². The molecule has 1 aliphatic rings. The van der Waals surface area contributed by atoms with E-state index < -0.39 is 0 Å². The summed E-state index contributed by atoms with van der Waals surface area (Å²) in [5, 5.41) is 12.0. The van der Waals surface area contributed by atoms with Crippen molar-refractivity contribution in [1.82, 2.24) is 5.32 Å². The fourth-order valence-corrected chi connectivity index (χ4v) is 2.26. The average molecular weight is 243 g/mol. The molecule has 0 radical (unpaired) electrons. The van der Waals surface area contributed by atoms with Crippen LogP contribution in [0.5, 0.6) is 0 Å². The Morgan fingerprint density at radius 1 is 1.35 bits per heavy atom. The Kier molecular flexibility index (Phi) is 5.40. The van der Waals surface area contributed by atoms with Crippen LogP contribution < -0.4 is 5.32 Å². The molecule has 0 spiro atoms. The molecule has 4 heteroatoms. The van der Waals surface area contributed by atoms with Crippen LogP contribution in [0.3, 0.4) is 0 Å². The van der Waals surface area contributed by atoms with Crippen LogP contribution in [0.4, 0.5) is 0 Å². The van der Waals surface area contributed by atoms with E-state index in [0.29, 0.717) is 0 Å². The van der Waals surface area contributed by atoms with Gasteiger partial charge in [0.1, 0.15) is 0 Å². The minimum absolute atomic E-state index is 0.0148. The van der Waals surface area contributed by atoms with Gasteiger partial charge in [0, 0.05) is 18.6 Å². The number of nitrogens with one attached hydrogen (secondary N) is 1. The van der Waals surface area contributed by atoms with Crippen molar-refractivity contribution >= 4 is 5.91 Å². The molecule has 4 nitrogen and oxygen atoms in total. The van der Waals surface area contributed by atoms with Crippen LogP contribution >= 0.6 is 0 Å². The van der Waals surface area contributed by atoms with Crippen molar-refractivity contribution < 1.29 is 14.6 Å². The molecule has 17 heavy (non-hydrogen) atoms. The number of amides is 1. The van der Waals surface area contributed by atoms with Gasteiger partial charge in [0.05, 0.1) is 12.2 Å². The number of hydrogen-bond acceptors (Lipinski definition) is 3. The van der Waals surface area contributed by atoms with E-state index in [2.05, 4.69) is 5.32 Å². The first-order chi connectivity index (χ1) is 7.93. The summed E-state index contributed by atoms with van der Waals surface area (Å²) >= 11 is 0. The second kappa shape index (κ2) is 6.36. The summed E-state index contributed by atoms with van der Waals surface area (Å²) in [4.78, 5) is 12.1. The highest BCUT2D eigenvalue weighted by atomic mass is 16.5. The predicted octanol–water partition coefficient (Wildman–Crippen LogP) is 1.32. The van der Waals surface area contributed by atoms with Gasteiger partial charge in [0.25, 0.3) is 0 Å². The van der Waals surface area contributed by atoms with E-state index in [0.717, 1.165) is 12.8 Å². The normalized spacial score (nSPS) is 32.9. The molecule has 1 rings (SSSR count). The summed E-state index contributed by atoms with van der Waals surface area (Å²) in [6.45, 7) is 7.98. The summed E-state index contributed by atoms with van der Waals surface area (Å²) in [6.07, 6.45) is 1.88. The monoisotopic (exact) mass is 243 g/mol. The second-order valence-corrected chi connectivity index (χ2v) is 5.38. The first-order valence-electron chi connectivity index (χ1n) is 6.50. The fourth-order valence-electron chi connectivity index (χ4n) is 2.26. The van der Waals surface area contributed by atoms with Gasteiger partial charge >= 0.3 is 0 Å². The van der Waals surface area contributed by atoms with E-state index in [9.17, 15) is 4.79 Å². The van der Waals surface area contributed by atoms with Crippen molar-refractivity contribution in [2.45, 2.75) is 58.8 Å². The minimum Gasteiger partial charge on any atom is -0.396 e. The van der Waals surface area contributed by atoms with Crippen molar-refractivity contribution in [3.63, 3.8) is 0 Å². The molecule has 1 fully saturated rings. The number of aliphatic hydroxyl groups excluding tert-OH is 1. The summed E-state index contributed by atoms with van der Waals surface area (Å²) in [5.74, 6) is 0.232. The van der Waals surface area contributed by atoms with Crippen molar-refractivity contribution in [1.29, 1.82) is 0 Å². The number of carbonyl (C=O) groups is 1. The molecular weight excluding hydrogens is 218 g/mol. The molecule has 0 aromatic carbocycles. The Morgan fingerprint density at radius 2 is 1.88 bits per heavy atom. The largest absolute Gasteiger partial charge is 0.396 e. The molecule has 0 aliphatic carbocycles. The van der Waals surface area contributed by atoms with Crippen LogP contribution in [0, 0.1) is 11.8 Å². The van der Waals surface area contributed by atoms with Gasteiger partial charge in [-0.05, 0) is 39.5 Å². The Labute approximate surface area is 104 Å². The number of ether oxygens (including phenoxy) is 1.